The van der Waals surface area contributed by atoms with E-state index in [4.69, 9.17) is 35.5 Å². The Bertz CT molecular complexity index is 1590. The number of piperidine rings is 1. The predicted octanol–water partition coefficient (Wildman–Crippen LogP) is 6.17. The number of piperazine rings is 1. The Labute approximate surface area is 304 Å². The van der Waals surface area contributed by atoms with Crippen LogP contribution in [0, 0.1) is 16.6 Å². The number of fused-ring (bicyclic) bond motifs is 3. The maximum Gasteiger partial charge on any atom is 0.410 e. The molecule has 51 heavy (non-hydrogen) atoms. The Morgan fingerprint density at radius 2 is 1.69 bits per heavy atom. The van der Waals surface area contributed by atoms with Gasteiger partial charge in [-0.1, -0.05) is 11.6 Å². The Hall–Kier alpha value is -3.03. The fraction of sp³-hybridized carbons (Fsp3) is 0.757. The summed E-state index contributed by atoms with van der Waals surface area (Å²) in [6, 6.07) is 0.0405. The average Bonchev–Trinajstić information content (AvgIpc) is 3.81. The average molecular weight is 731 g/mol. The van der Waals surface area contributed by atoms with Crippen molar-refractivity contribution in [3.05, 3.63) is 17.2 Å². The van der Waals surface area contributed by atoms with Crippen LogP contribution in [-0.2, 0) is 19.0 Å². The summed E-state index contributed by atoms with van der Waals surface area (Å²) in [7, 11) is 0. The van der Waals surface area contributed by atoms with Crippen LogP contribution < -0.4 is 9.64 Å². The first kappa shape index (κ1) is 36.3. The molecular weight excluding hydrogens is 679 g/mol. The van der Waals surface area contributed by atoms with Gasteiger partial charge in [0.15, 0.2) is 11.0 Å². The molecule has 2 aromatic heterocycles. The van der Waals surface area contributed by atoms with E-state index in [0.717, 1.165) is 71.0 Å². The van der Waals surface area contributed by atoms with Crippen LogP contribution in [0.25, 0.3) is 10.9 Å². The van der Waals surface area contributed by atoms with Gasteiger partial charge in [-0.2, -0.15) is 9.97 Å². The number of hydrogen-bond acceptors (Lipinski definition) is 11. The van der Waals surface area contributed by atoms with Crippen molar-refractivity contribution >= 4 is 40.4 Å². The smallest absolute Gasteiger partial charge is 0.410 e. The number of ether oxygens (including phenoxy) is 4. The van der Waals surface area contributed by atoms with Crippen molar-refractivity contribution in [2.45, 2.75) is 116 Å². The Kier molecular flexibility index (Phi) is 10.3. The fourth-order valence-electron chi connectivity index (χ4n) is 8.65. The topological polar surface area (TPSA) is 119 Å². The number of halogens is 2. The molecule has 5 aliphatic rings. The summed E-state index contributed by atoms with van der Waals surface area (Å²) in [5.41, 5.74) is -0.108. The van der Waals surface area contributed by atoms with Crippen LogP contribution >= 0.6 is 11.6 Å². The van der Waals surface area contributed by atoms with Gasteiger partial charge in [-0.05, 0) is 110 Å². The SMILES string of the molecule is CCOC(=O)COC1CCC2(CC1)CCN(CC1(COc3nc(N4CC5CCC(C4)N5C(=O)OC(C)(C)C)c4cnc(Cl)c(F)c4n3)CC1)CC2. The minimum atomic E-state index is -0.694. The Balaban J connectivity index is 0.970. The molecule has 2 saturated carbocycles. The molecule has 2 atom stereocenters. The third-order valence-electron chi connectivity index (χ3n) is 11.7. The van der Waals surface area contributed by atoms with E-state index >= 15 is 4.39 Å². The highest BCUT2D eigenvalue weighted by atomic mass is 35.5. The van der Waals surface area contributed by atoms with Gasteiger partial charge < -0.3 is 28.7 Å². The summed E-state index contributed by atoms with van der Waals surface area (Å²) in [6.45, 7) is 12.4. The van der Waals surface area contributed by atoms with Crippen molar-refractivity contribution in [2.75, 3.05) is 57.4 Å². The van der Waals surface area contributed by atoms with Crippen LogP contribution in [0.2, 0.25) is 5.15 Å². The van der Waals surface area contributed by atoms with Crippen LogP contribution in [-0.4, -0.2) is 113 Å². The van der Waals surface area contributed by atoms with Crippen molar-refractivity contribution in [3.63, 3.8) is 0 Å². The third kappa shape index (κ3) is 8.15. The van der Waals surface area contributed by atoms with Gasteiger partial charge in [-0.15, -0.1) is 0 Å². The van der Waals surface area contributed by atoms with E-state index in [9.17, 15) is 9.59 Å². The molecule has 2 bridgehead atoms. The number of pyridine rings is 1. The van der Waals surface area contributed by atoms with Crippen molar-refractivity contribution in [1.82, 2.24) is 24.8 Å². The summed E-state index contributed by atoms with van der Waals surface area (Å²) >= 11 is 6.12. The number of aromatic nitrogens is 3. The number of rotatable bonds is 10. The van der Waals surface area contributed by atoms with Crippen LogP contribution in [0.4, 0.5) is 15.0 Å². The minimum absolute atomic E-state index is 0.0220. The summed E-state index contributed by atoms with van der Waals surface area (Å²) < 4.78 is 38.3. The quantitative estimate of drug-likeness (QED) is 0.206. The normalized spacial score (nSPS) is 24.6. The summed E-state index contributed by atoms with van der Waals surface area (Å²) in [4.78, 5) is 44.8. The van der Waals surface area contributed by atoms with Crippen LogP contribution in [0.15, 0.2) is 6.20 Å². The van der Waals surface area contributed by atoms with Crippen molar-refractivity contribution < 1.29 is 32.9 Å². The molecule has 5 fully saturated rings. The lowest BCUT2D eigenvalue weighted by Gasteiger charge is -2.46. The molecule has 7 rings (SSSR count). The molecule has 2 unspecified atom stereocenters. The fourth-order valence-corrected chi connectivity index (χ4v) is 8.79. The van der Waals surface area contributed by atoms with E-state index in [1.807, 2.05) is 32.6 Å². The second-order valence-corrected chi connectivity index (χ2v) is 16.9. The Morgan fingerprint density at radius 1 is 1.00 bits per heavy atom. The van der Waals surface area contributed by atoms with Gasteiger partial charge in [0.05, 0.1) is 36.8 Å². The lowest BCUT2D eigenvalue weighted by molar-refractivity contribution is -0.151. The number of hydrogen-bond donors (Lipinski definition) is 0. The maximum absolute atomic E-state index is 15.4. The molecule has 12 nitrogen and oxygen atoms in total. The molecule has 3 saturated heterocycles. The van der Waals surface area contributed by atoms with Gasteiger partial charge in [0.25, 0.3) is 0 Å². The third-order valence-corrected chi connectivity index (χ3v) is 11.9. The van der Waals surface area contributed by atoms with Crippen molar-refractivity contribution in [1.29, 1.82) is 0 Å². The molecule has 1 spiro atoms. The number of esters is 1. The summed E-state index contributed by atoms with van der Waals surface area (Å²) in [5, 5.41) is 0.226. The van der Waals surface area contributed by atoms with Crippen LogP contribution in [0.3, 0.4) is 0 Å². The molecule has 0 radical (unpaired) electrons. The molecular formula is C37H52ClFN6O6. The second kappa shape index (κ2) is 14.4. The van der Waals surface area contributed by atoms with Gasteiger partial charge in [0.2, 0.25) is 0 Å². The number of nitrogens with zero attached hydrogens (tertiary/aromatic N) is 6. The number of anilines is 1. The maximum atomic E-state index is 15.4. The molecule has 0 aromatic carbocycles. The molecule has 5 heterocycles. The monoisotopic (exact) mass is 730 g/mol. The lowest BCUT2D eigenvalue weighted by atomic mass is 9.67. The van der Waals surface area contributed by atoms with Gasteiger partial charge in [0.1, 0.15) is 23.5 Å². The van der Waals surface area contributed by atoms with Crippen LogP contribution in [0.1, 0.15) is 91.9 Å². The largest absolute Gasteiger partial charge is 0.464 e. The van der Waals surface area contributed by atoms with E-state index in [0.29, 0.717) is 42.9 Å². The highest BCUT2D eigenvalue weighted by Crippen LogP contribution is 2.50. The number of amides is 1. The van der Waals surface area contributed by atoms with Gasteiger partial charge in [0, 0.05) is 31.2 Å². The predicted molar refractivity (Wildman–Crippen MR) is 190 cm³/mol. The Morgan fingerprint density at radius 3 is 2.31 bits per heavy atom. The van der Waals surface area contributed by atoms with Crippen LogP contribution in [0.5, 0.6) is 6.01 Å². The molecule has 2 aromatic rings. The first-order chi connectivity index (χ1) is 24.3. The first-order valence-corrected chi connectivity index (χ1v) is 19.1. The van der Waals surface area contributed by atoms with E-state index in [1.165, 1.54) is 19.0 Å². The zero-order chi connectivity index (χ0) is 36.0. The number of likely N-dealkylation sites (tertiary alicyclic amines) is 1. The van der Waals surface area contributed by atoms with Gasteiger partial charge >= 0.3 is 18.1 Å². The lowest BCUT2D eigenvalue weighted by Crippen LogP contribution is -2.57. The molecule has 3 aliphatic heterocycles. The molecule has 2 aliphatic carbocycles. The van der Waals surface area contributed by atoms with Gasteiger partial charge in [-0.3, -0.25) is 4.90 Å². The zero-order valence-corrected chi connectivity index (χ0v) is 31.2. The van der Waals surface area contributed by atoms with Crippen molar-refractivity contribution in [2.24, 2.45) is 10.8 Å². The molecule has 280 valence electrons. The van der Waals surface area contributed by atoms with Gasteiger partial charge in [-0.25, -0.2) is 19.0 Å². The number of carbonyl (C=O) groups excluding carboxylic acids is 2. The zero-order valence-electron chi connectivity index (χ0n) is 30.4. The number of carbonyl (C=O) groups is 2. The van der Waals surface area contributed by atoms with E-state index < -0.39 is 11.4 Å². The van der Waals surface area contributed by atoms with E-state index in [-0.39, 0.29) is 59.0 Å². The van der Waals surface area contributed by atoms with E-state index in [1.54, 1.807) is 0 Å². The van der Waals surface area contributed by atoms with Crippen molar-refractivity contribution in [3.8, 4) is 6.01 Å². The molecule has 14 heteroatoms. The molecule has 1 amide bonds. The standard InChI is InChI=1S/C37H52ClFN6O6/c1-5-48-28(46)21-49-26-8-10-36(11-9-26)14-16-43(17-15-36)22-37(12-13-37)23-50-33-41-30-27(18-40-31(38)29(30)39)32(42-33)44-19-24-6-7-25(20-44)45(24)34(47)51-35(2,3)4/h18,24-26H,5-17,19-23H2,1-4H3. The summed E-state index contributed by atoms with van der Waals surface area (Å²) in [6.07, 6.45) is 11.8. The highest BCUT2D eigenvalue weighted by molar-refractivity contribution is 6.30. The minimum Gasteiger partial charge on any atom is -0.464 e. The van der Waals surface area contributed by atoms with E-state index in [2.05, 4.69) is 19.8 Å². The molecule has 0 N–H and O–H groups in total. The summed E-state index contributed by atoms with van der Waals surface area (Å²) in [5.74, 6) is -0.431. The first-order valence-electron chi connectivity index (χ1n) is 18.8. The highest BCUT2D eigenvalue weighted by Gasteiger charge is 2.48. The second-order valence-electron chi connectivity index (χ2n) is 16.5.